The van der Waals surface area contributed by atoms with Crippen LogP contribution in [-0.4, -0.2) is 37.1 Å². The lowest BCUT2D eigenvalue weighted by atomic mass is 9.84. The Morgan fingerprint density at radius 3 is 2.72 bits per heavy atom. The molecule has 1 N–H and O–H groups in total. The maximum atomic E-state index is 3.76. The van der Waals surface area contributed by atoms with Crippen molar-refractivity contribution in [3.8, 4) is 0 Å². The summed E-state index contributed by atoms with van der Waals surface area (Å²) in [6.07, 6.45) is 5.64. The Kier molecular flexibility index (Phi) is 4.71. The topological polar surface area (TPSA) is 15.3 Å². The zero-order valence-electron chi connectivity index (χ0n) is 12.8. The second-order valence-corrected chi connectivity index (χ2v) is 7.33. The number of hydrogen-bond acceptors (Lipinski definition) is 2. The van der Waals surface area contributed by atoms with Gasteiger partial charge in [0.25, 0.3) is 0 Å². The first-order valence-corrected chi connectivity index (χ1v) is 7.98. The van der Waals surface area contributed by atoms with Gasteiger partial charge in [-0.25, -0.2) is 0 Å². The second-order valence-electron chi connectivity index (χ2n) is 7.33. The highest BCUT2D eigenvalue weighted by molar-refractivity contribution is 4.97. The third-order valence-electron chi connectivity index (χ3n) is 5.13. The van der Waals surface area contributed by atoms with Crippen LogP contribution in [0, 0.1) is 17.3 Å². The van der Waals surface area contributed by atoms with Gasteiger partial charge in [0.2, 0.25) is 0 Å². The van der Waals surface area contributed by atoms with Crippen LogP contribution in [0.1, 0.15) is 53.4 Å². The Morgan fingerprint density at radius 1 is 1.28 bits per heavy atom. The summed E-state index contributed by atoms with van der Waals surface area (Å²) in [7, 11) is 0. The first kappa shape index (κ1) is 14.3. The summed E-state index contributed by atoms with van der Waals surface area (Å²) in [6.45, 7) is 14.6. The first-order valence-electron chi connectivity index (χ1n) is 7.98. The van der Waals surface area contributed by atoms with Crippen molar-refractivity contribution in [3.63, 3.8) is 0 Å². The molecule has 0 radical (unpaired) electrons. The van der Waals surface area contributed by atoms with Crippen LogP contribution >= 0.6 is 0 Å². The molecule has 1 aliphatic carbocycles. The van der Waals surface area contributed by atoms with Gasteiger partial charge < -0.3 is 10.2 Å². The second kappa shape index (κ2) is 5.92. The summed E-state index contributed by atoms with van der Waals surface area (Å²) in [5.74, 6) is 1.77. The Morgan fingerprint density at radius 2 is 2.06 bits per heavy atom. The average molecular weight is 252 g/mol. The quantitative estimate of drug-likeness (QED) is 0.827. The fourth-order valence-electron chi connectivity index (χ4n) is 4.16. The summed E-state index contributed by atoms with van der Waals surface area (Å²) in [4.78, 5) is 2.73. The summed E-state index contributed by atoms with van der Waals surface area (Å²) in [6, 6.07) is 0.722. The van der Waals surface area contributed by atoms with E-state index in [1.807, 2.05) is 0 Å². The van der Waals surface area contributed by atoms with Crippen molar-refractivity contribution in [1.29, 1.82) is 0 Å². The molecule has 1 aliphatic heterocycles. The van der Waals surface area contributed by atoms with Gasteiger partial charge >= 0.3 is 0 Å². The number of rotatable bonds is 4. The molecule has 106 valence electrons. The normalized spacial score (nSPS) is 37.0. The van der Waals surface area contributed by atoms with Crippen LogP contribution in [-0.2, 0) is 0 Å². The van der Waals surface area contributed by atoms with Crippen molar-refractivity contribution in [2.24, 2.45) is 17.3 Å². The number of likely N-dealkylation sites (tertiary alicyclic amines) is 1. The van der Waals surface area contributed by atoms with Crippen molar-refractivity contribution < 1.29 is 0 Å². The van der Waals surface area contributed by atoms with Crippen LogP contribution in [0.2, 0.25) is 0 Å². The van der Waals surface area contributed by atoms with Gasteiger partial charge in [0.1, 0.15) is 0 Å². The minimum atomic E-state index is 0.488. The highest BCUT2D eigenvalue weighted by Crippen LogP contribution is 2.41. The van der Waals surface area contributed by atoms with Gasteiger partial charge in [-0.2, -0.15) is 0 Å². The van der Waals surface area contributed by atoms with Gasteiger partial charge in [-0.1, -0.05) is 27.7 Å². The molecule has 1 saturated carbocycles. The van der Waals surface area contributed by atoms with E-state index in [1.165, 1.54) is 45.3 Å². The molecule has 0 amide bonds. The zero-order valence-corrected chi connectivity index (χ0v) is 12.8. The zero-order chi connectivity index (χ0) is 13.2. The Bertz CT molecular complexity index is 262. The van der Waals surface area contributed by atoms with Crippen molar-refractivity contribution >= 4 is 0 Å². The number of piperidine rings is 1. The van der Waals surface area contributed by atoms with Crippen molar-refractivity contribution in [1.82, 2.24) is 10.2 Å². The summed E-state index contributed by atoms with van der Waals surface area (Å²) >= 11 is 0. The summed E-state index contributed by atoms with van der Waals surface area (Å²) < 4.78 is 0. The molecule has 18 heavy (non-hydrogen) atoms. The van der Waals surface area contributed by atoms with Gasteiger partial charge in [0.05, 0.1) is 0 Å². The third kappa shape index (κ3) is 3.27. The highest BCUT2D eigenvalue weighted by atomic mass is 15.1. The van der Waals surface area contributed by atoms with E-state index < -0.39 is 0 Å². The smallest absolute Gasteiger partial charge is 0.0159 e. The molecule has 2 heteroatoms. The lowest BCUT2D eigenvalue weighted by Gasteiger charge is -2.37. The van der Waals surface area contributed by atoms with Gasteiger partial charge in [0, 0.05) is 19.1 Å². The fraction of sp³-hybridized carbons (Fsp3) is 1.00. The van der Waals surface area contributed by atoms with E-state index in [9.17, 15) is 0 Å². The minimum Gasteiger partial charge on any atom is -0.313 e. The summed E-state index contributed by atoms with van der Waals surface area (Å²) in [5, 5.41) is 3.76. The monoisotopic (exact) mass is 252 g/mol. The predicted octanol–water partition coefficient (Wildman–Crippen LogP) is 3.13. The average Bonchev–Trinajstić information content (AvgIpc) is 2.57. The molecule has 0 spiro atoms. The minimum absolute atomic E-state index is 0.488. The number of nitrogens with zero attached hydrogens (tertiary/aromatic N) is 1. The molecule has 0 bridgehead atoms. The molecule has 3 atom stereocenters. The van der Waals surface area contributed by atoms with Crippen LogP contribution < -0.4 is 5.32 Å². The molecule has 0 aromatic rings. The molecular formula is C16H32N2. The third-order valence-corrected chi connectivity index (χ3v) is 5.13. The van der Waals surface area contributed by atoms with Gasteiger partial charge in [-0.3, -0.25) is 0 Å². The van der Waals surface area contributed by atoms with E-state index in [1.54, 1.807) is 0 Å². The van der Waals surface area contributed by atoms with Crippen molar-refractivity contribution in [3.05, 3.63) is 0 Å². The first-order chi connectivity index (χ1) is 8.53. The largest absolute Gasteiger partial charge is 0.313 e. The lowest BCUT2D eigenvalue weighted by molar-refractivity contribution is 0.139. The fourth-order valence-corrected chi connectivity index (χ4v) is 4.16. The van der Waals surface area contributed by atoms with Crippen molar-refractivity contribution in [2.75, 3.05) is 26.2 Å². The van der Waals surface area contributed by atoms with E-state index >= 15 is 0 Å². The SMILES string of the molecule is CCNC1C(CN2CCCC(C)C2)CCC1(C)C. The van der Waals surface area contributed by atoms with Crippen LogP contribution in [0.3, 0.4) is 0 Å². The molecule has 1 heterocycles. The Labute approximate surface area is 114 Å². The van der Waals surface area contributed by atoms with E-state index in [0.717, 1.165) is 24.4 Å². The van der Waals surface area contributed by atoms with E-state index in [2.05, 4.69) is 37.9 Å². The number of nitrogens with one attached hydrogen (secondary N) is 1. The van der Waals surface area contributed by atoms with Crippen molar-refractivity contribution in [2.45, 2.75) is 59.4 Å². The Hall–Kier alpha value is -0.0800. The lowest BCUT2D eigenvalue weighted by Crippen LogP contribution is -2.47. The van der Waals surface area contributed by atoms with Crippen LogP contribution in [0.25, 0.3) is 0 Å². The van der Waals surface area contributed by atoms with Gasteiger partial charge in [-0.15, -0.1) is 0 Å². The molecule has 2 fully saturated rings. The van der Waals surface area contributed by atoms with Gasteiger partial charge in [0.15, 0.2) is 0 Å². The molecule has 3 unspecified atom stereocenters. The maximum absolute atomic E-state index is 3.76. The highest BCUT2D eigenvalue weighted by Gasteiger charge is 2.41. The maximum Gasteiger partial charge on any atom is 0.0159 e. The standard InChI is InChI=1S/C16H32N2/c1-5-17-15-14(8-9-16(15,3)4)12-18-10-6-7-13(2)11-18/h13-15,17H,5-12H2,1-4H3. The Balaban J connectivity index is 1.91. The summed E-state index contributed by atoms with van der Waals surface area (Å²) in [5.41, 5.74) is 0.488. The molecular weight excluding hydrogens is 220 g/mol. The molecule has 0 aromatic heterocycles. The predicted molar refractivity (Wildman–Crippen MR) is 78.8 cm³/mol. The molecule has 2 nitrogen and oxygen atoms in total. The van der Waals surface area contributed by atoms with Gasteiger partial charge in [-0.05, 0) is 56.0 Å². The molecule has 1 saturated heterocycles. The molecule has 2 rings (SSSR count). The van der Waals surface area contributed by atoms with E-state index in [4.69, 9.17) is 0 Å². The van der Waals surface area contributed by atoms with E-state index in [-0.39, 0.29) is 0 Å². The van der Waals surface area contributed by atoms with Crippen LogP contribution in [0.5, 0.6) is 0 Å². The van der Waals surface area contributed by atoms with Crippen LogP contribution in [0.4, 0.5) is 0 Å². The number of hydrogen-bond donors (Lipinski definition) is 1. The van der Waals surface area contributed by atoms with E-state index in [0.29, 0.717) is 5.41 Å². The molecule has 2 aliphatic rings. The van der Waals surface area contributed by atoms with Crippen LogP contribution in [0.15, 0.2) is 0 Å². The molecule has 0 aromatic carbocycles.